The first kappa shape index (κ1) is 59.9. The summed E-state index contributed by atoms with van der Waals surface area (Å²) in [4.78, 5) is 129. The van der Waals surface area contributed by atoms with Crippen LogP contribution in [0.4, 0.5) is 0 Å². The number of likely N-dealkylation sites (N-methyl/N-ethyl adjacent to an activating group) is 1. The van der Waals surface area contributed by atoms with E-state index in [0.29, 0.717) is 36.8 Å². The molecule has 0 unspecified atom stereocenters. The molecule has 2 fully saturated rings. The molecule has 2 aromatic rings. The van der Waals surface area contributed by atoms with Crippen molar-refractivity contribution in [1.82, 2.24) is 36.4 Å². The quantitative estimate of drug-likeness (QED) is 0.0603. The number of aliphatic carboxylic acids is 1. The highest BCUT2D eigenvalue weighted by atomic mass is 16.5. The molecule has 10 atom stereocenters. The smallest absolute Gasteiger partial charge is 0.329 e. The van der Waals surface area contributed by atoms with Gasteiger partial charge in [-0.3, -0.25) is 38.4 Å². The molecule has 2 aromatic carbocycles. The fourth-order valence-corrected chi connectivity index (χ4v) is 9.07. The third-order valence-electron chi connectivity index (χ3n) is 13.8. The highest BCUT2D eigenvalue weighted by Crippen LogP contribution is 2.26. The van der Waals surface area contributed by atoms with E-state index in [2.05, 4.69) is 33.5 Å². The number of rotatable bonds is 22. The van der Waals surface area contributed by atoms with Crippen molar-refractivity contribution in [3.63, 3.8) is 0 Å². The zero-order valence-electron chi connectivity index (χ0n) is 43.4. The highest BCUT2D eigenvalue weighted by Gasteiger charge is 2.46. The van der Waals surface area contributed by atoms with Gasteiger partial charge in [0.2, 0.25) is 41.4 Å². The summed E-state index contributed by atoms with van der Waals surface area (Å²) < 4.78 is 5.95. The number of carboxylic acid groups (broad SMARTS) is 1. The van der Waals surface area contributed by atoms with Crippen molar-refractivity contribution in [2.24, 2.45) is 11.7 Å². The standard InChI is InChI=1S/C53H78N8O13/c1-6-8-9-10-14-20-42(63)55-38(26-28-44(65)66)48(68)59-46-33(4)74-53(73)45(32(3)7-2)58-49(69)40(30-35-21-23-36(62)24-22-35)60(5)52(72)41(31-34-17-12-11-13-18-34)61-43(64)27-25-39(51(61)71)57-47(67)37(56-50(46)70)19-15-16-29-54/h11-13,17-18,21-24,32-33,37-41,43,45-46,62,64H,6-10,14-16,19-20,25-31,54H2,1-5H3,(H,55,63)(H,56,70)(H,57,67)(H,58,69)(H,59,68)(H,65,66)/t32-,33+,37+,38-,39+,40+,41+,43+,45+,46+/m1/s1. The first-order valence-corrected chi connectivity index (χ1v) is 26.0. The molecule has 2 aliphatic rings. The predicted octanol–water partition coefficient (Wildman–Crippen LogP) is 2.08. The molecule has 0 spiro atoms. The predicted molar refractivity (Wildman–Crippen MR) is 272 cm³/mol. The molecule has 2 saturated heterocycles. The first-order valence-electron chi connectivity index (χ1n) is 26.0. The molecule has 2 aliphatic heterocycles. The molecular formula is C53H78N8O13. The van der Waals surface area contributed by atoms with E-state index in [1.165, 1.54) is 26.1 Å². The third-order valence-corrected chi connectivity index (χ3v) is 13.8. The summed E-state index contributed by atoms with van der Waals surface area (Å²) in [5.41, 5.74) is 6.91. The summed E-state index contributed by atoms with van der Waals surface area (Å²) in [7, 11) is 1.36. The fourth-order valence-electron chi connectivity index (χ4n) is 9.07. The second-order valence-electron chi connectivity index (χ2n) is 19.5. The van der Waals surface area contributed by atoms with Crippen LogP contribution in [0.2, 0.25) is 0 Å². The lowest BCUT2D eigenvalue weighted by Crippen LogP contribution is -2.65. The van der Waals surface area contributed by atoms with Crippen molar-refractivity contribution in [1.29, 1.82) is 0 Å². The van der Waals surface area contributed by atoms with Gasteiger partial charge in [0.15, 0.2) is 0 Å². The fraction of sp³-hybridized carbons (Fsp3) is 0.604. The van der Waals surface area contributed by atoms with Gasteiger partial charge in [0.25, 0.3) is 0 Å². The van der Waals surface area contributed by atoms with Gasteiger partial charge in [-0.25, -0.2) is 4.79 Å². The number of piperidine rings is 1. The number of phenolic OH excluding ortho intramolecular Hbond substituents is 1. The molecule has 2 heterocycles. The number of nitrogens with one attached hydrogen (secondary N) is 5. The number of benzene rings is 2. The number of ether oxygens (including phenoxy) is 1. The molecule has 2 bridgehead atoms. The van der Waals surface area contributed by atoms with Crippen molar-refractivity contribution in [2.75, 3.05) is 13.6 Å². The Kier molecular flexibility index (Phi) is 24.2. The summed E-state index contributed by atoms with van der Waals surface area (Å²) in [5.74, 6) is -8.72. The number of amides is 7. The largest absolute Gasteiger partial charge is 0.508 e. The number of aromatic hydroxyl groups is 1. The van der Waals surface area contributed by atoms with E-state index >= 15 is 4.79 Å². The van der Waals surface area contributed by atoms with Crippen molar-refractivity contribution < 1.29 is 63.2 Å². The zero-order chi connectivity index (χ0) is 54.5. The number of nitrogens with two attached hydrogens (primary N) is 1. The molecule has 0 radical (unpaired) electrons. The Morgan fingerprint density at radius 3 is 2.11 bits per heavy atom. The zero-order valence-corrected chi connectivity index (χ0v) is 43.4. The maximum atomic E-state index is 15.1. The van der Waals surface area contributed by atoms with Gasteiger partial charge in [-0.15, -0.1) is 0 Å². The number of aliphatic hydroxyl groups excluding tert-OH is 1. The van der Waals surface area contributed by atoms with Crippen LogP contribution in [0.25, 0.3) is 0 Å². The lowest BCUT2D eigenvalue weighted by atomic mass is 9.95. The number of hydrogen-bond donors (Lipinski definition) is 9. The Balaban J connectivity index is 1.86. The SMILES string of the molecule is CCCCCCCC(=O)N[C@H](CCC(=O)O)C(=O)N[C@@H]1C(=O)N[C@@H](CCCCN)C(=O)N[C@H]2CC[C@H](O)N(C2=O)[C@@H](Cc2ccccc2)C(=O)N(C)[C@@H](Cc2ccc(O)cc2)C(=O)N[C@@H]([C@H](C)CC)C(=O)O[C@H]1C. The van der Waals surface area contributed by atoms with Crippen LogP contribution in [-0.4, -0.2) is 147 Å². The van der Waals surface area contributed by atoms with Crippen LogP contribution in [0, 0.1) is 5.92 Å². The summed E-state index contributed by atoms with van der Waals surface area (Å²) in [6, 6.07) is 4.43. The number of carbonyl (C=O) groups is 9. The van der Waals surface area contributed by atoms with Crippen LogP contribution < -0.4 is 32.3 Å². The molecule has 0 aromatic heterocycles. The molecule has 21 heteroatoms. The molecule has 7 amide bonds. The molecular weight excluding hydrogens is 957 g/mol. The number of esters is 1. The molecule has 10 N–H and O–H groups in total. The van der Waals surface area contributed by atoms with E-state index in [-0.39, 0.29) is 57.2 Å². The number of carbonyl (C=O) groups excluding carboxylic acids is 8. The van der Waals surface area contributed by atoms with E-state index in [9.17, 15) is 53.7 Å². The van der Waals surface area contributed by atoms with Gasteiger partial charge >= 0.3 is 11.9 Å². The van der Waals surface area contributed by atoms with Crippen LogP contribution >= 0.6 is 0 Å². The number of phenols is 1. The van der Waals surface area contributed by atoms with Gasteiger partial charge in [0, 0.05) is 32.7 Å². The second kappa shape index (κ2) is 29.9. The van der Waals surface area contributed by atoms with Crippen LogP contribution in [0.15, 0.2) is 54.6 Å². The van der Waals surface area contributed by atoms with E-state index in [0.717, 1.165) is 35.5 Å². The summed E-state index contributed by atoms with van der Waals surface area (Å²) in [6.07, 6.45) is 0.833. The van der Waals surface area contributed by atoms with Crippen LogP contribution in [0.1, 0.15) is 129 Å². The Labute approximate surface area is 433 Å². The maximum Gasteiger partial charge on any atom is 0.329 e. The van der Waals surface area contributed by atoms with Crippen LogP contribution in [-0.2, 0) is 60.7 Å². The van der Waals surface area contributed by atoms with Gasteiger partial charge in [0.05, 0.1) is 0 Å². The van der Waals surface area contributed by atoms with Crippen LogP contribution in [0.3, 0.4) is 0 Å². The van der Waals surface area contributed by atoms with Gasteiger partial charge in [-0.1, -0.05) is 95.3 Å². The van der Waals surface area contributed by atoms with Crippen molar-refractivity contribution in [2.45, 2.75) is 185 Å². The van der Waals surface area contributed by atoms with E-state index in [1.54, 1.807) is 56.3 Å². The molecule has 4 rings (SSSR count). The van der Waals surface area contributed by atoms with Gasteiger partial charge < -0.3 is 62.2 Å². The summed E-state index contributed by atoms with van der Waals surface area (Å²) in [5, 5.41) is 44.5. The number of cyclic esters (lactones) is 1. The Morgan fingerprint density at radius 1 is 0.797 bits per heavy atom. The Bertz CT molecular complexity index is 2220. The minimum Gasteiger partial charge on any atom is -0.508 e. The normalized spacial score (nSPS) is 24.2. The van der Waals surface area contributed by atoms with Gasteiger partial charge in [-0.2, -0.15) is 0 Å². The van der Waals surface area contributed by atoms with E-state index < -0.39 is 120 Å². The maximum absolute atomic E-state index is 15.1. The number of carboxylic acids is 1. The third kappa shape index (κ3) is 17.8. The van der Waals surface area contributed by atoms with Crippen molar-refractivity contribution in [3.8, 4) is 5.75 Å². The number of nitrogens with zero attached hydrogens (tertiary/aromatic N) is 2. The topological polar surface area (TPSA) is 316 Å². The minimum atomic E-state index is -1.79. The molecule has 74 heavy (non-hydrogen) atoms. The average molecular weight is 1040 g/mol. The molecule has 0 saturated carbocycles. The number of fused-ring (bicyclic) bond motifs is 2. The van der Waals surface area contributed by atoms with Crippen LogP contribution in [0.5, 0.6) is 5.75 Å². The van der Waals surface area contributed by atoms with Gasteiger partial charge in [0.1, 0.15) is 60.4 Å². The summed E-state index contributed by atoms with van der Waals surface area (Å²) in [6.45, 7) is 7.02. The second-order valence-corrected chi connectivity index (χ2v) is 19.5. The van der Waals surface area contributed by atoms with E-state index in [4.69, 9.17) is 10.5 Å². The minimum absolute atomic E-state index is 0.0170. The first-order chi connectivity index (χ1) is 35.3. The Hall–Kier alpha value is -6.61. The van der Waals surface area contributed by atoms with Crippen molar-refractivity contribution in [3.05, 3.63) is 65.7 Å². The Morgan fingerprint density at radius 2 is 1.46 bits per heavy atom. The molecule has 21 nitrogen and oxygen atoms in total. The molecule has 408 valence electrons. The summed E-state index contributed by atoms with van der Waals surface area (Å²) >= 11 is 0. The number of aliphatic hydroxyl groups is 1. The average Bonchev–Trinajstić information content (AvgIpc) is 3.37. The van der Waals surface area contributed by atoms with E-state index in [1.807, 2.05) is 0 Å². The lowest BCUT2D eigenvalue weighted by molar-refractivity contribution is -0.165. The monoisotopic (exact) mass is 1030 g/mol. The lowest BCUT2D eigenvalue weighted by Gasteiger charge is -2.43. The molecule has 0 aliphatic carbocycles. The van der Waals surface area contributed by atoms with Crippen molar-refractivity contribution >= 4 is 53.3 Å². The highest BCUT2D eigenvalue weighted by molar-refractivity contribution is 5.98. The number of hydrogen-bond acceptors (Lipinski definition) is 13. The number of unbranched alkanes of at least 4 members (excludes halogenated alkanes) is 5. The van der Waals surface area contributed by atoms with Gasteiger partial charge in [-0.05, 0) is 87.6 Å².